The highest BCUT2D eigenvalue weighted by atomic mass is 16.6. The summed E-state index contributed by atoms with van der Waals surface area (Å²) in [5, 5.41) is 11.0. The molecule has 0 radical (unpaired) electrons. The van der Waals surface area contributed by atoms with Crippen molar-refractivity contribution < 1.29 is 14.5 Å². The molecule has 0 atom stereocenters. The van der Waals surface area contributed by atoms with Crippen LogP contribution in [0.15, 0.2) is 60.8 Å². The van der Waals surface area contributed by atoms with Gasteiger partial charge in [-0.05, 0) is 56.5 Å². The van der Waals surface area contributed by atoms with E-state index in [9.17, 15) is 14.9 Å². The molecule has 3 aromatic rings. The first-order valence-electron chi connectivity index (χ1n) is 9.37. The average Bonchev–Trinajstić information content (AvgIpc) is 2.97. The molecule has 0 spiro atoms. The molecule has 6 nitrogen and oxygen atoms in total. The molecule has 29 heavy (non-hydrogen) atoms. The summed E-state index contributed by atoms with van der Waals surface area (Å²) in [7, 11) is 0. The Labute approximate surface area is 169 Å². The van der Waals surface area contributed by atoms with Crippen LogP contribution in [0.2, 0.25) is 0 Å². The van der Waals surface area contributed by atoms with Crippen molar-refractivity contribution >= 4 is 11.7 Å². The molecule has 0 bridgehead atoms. The smallest absolute Gasteiger partial charge is 0.356 e. The lowest BCUT2D eigenvalue weighted by Gasteiger charge is -2.21. The van der Waals surface area contributed by atoms with Gasteiger partial charge in [-0.2, -0.15) is 0 Å². The fourth-order valence-corrected chi connectivity index (χ4v) is 3.26. The van der Waals surface area contributed by atoms with E-state index in [0.717, 1.165) is 22.3 Å². The molecule has 0 N–H and O–H groups in total. The second-order valence-corrected chi connectivity index (χ2v) is 7.96. The number of rotatable bonds is 5. The summed E-state index contributed by atoms with van der Waals surface area (Å²) in [6.45, 7) is 7.92. The zero-order valence-electron chi connectivity index (χ0n) is 17.0. The Morgan fingerprint density at radius 1 is 1.07 bits per heavy atom. The Balaban J connectivity index is 2.11. The van der Waals surface area contributed by atoms with Crippen LogP contribution in [-0.4, -0.2) is 21.1 Å². The lowest BCUT2D eigenvalue weighted by Crippen LogP contribution is -2.26. The fourth-order valence-electron chi connectivity index (χ4n) is 3.26. The number of esters is 1. The number of aryl methyl sites for hydroxylation is 1. The van der Waals surface area contributed by atoms with Gasteiger partial charge < -0.3 is 9.30 Å². The van der Waals surface area contributed by atoms with Gasteiger partial charge in [-0.25, -0.2) is 4.79 Å². The molecule has 0 aliphatic rings. The Morgan fingerprint density at radius 2 is 1.69 bits per heavy atom. The van der Waals surface area contributed by atoms with Crippen LogP contribution in [-0.2, 0) is 11.3 Å². The second kappa shape index (κ2) is 7.91. The number of carbonyl (C=O) groups is 1. The van der Waals surface area contributed by atoms with Crippen molar-refractivity contribution in [2.24, 2.45) is 0 Å². The number of non-ortho nitro benzene ring substituents is 1. The van der Waals surface area contributed by atoms with Gasteiger partial charge in [-0.15, -0.1) is 0 Å². The monoisotopic (exact) mass is 392 g/mol. The number of hydrogen-bond acceptors (Lipinski definition) is 4. The first kappa shape index (κ1) is 20.3. The molecule has 1 heterocycles. The summed E-state index contributed by atoms with van der Waals surface area (Å²) in [6.07, 6.45) is 1.92. The van der Waals surface area contributed by atoms with Gasteiger partial charge in [0.25, 0.3) is 5.69 Å². The number of hydrogen-bond donors (Lipinski definition) is 0. The molecule has 0 fully saturated rings. The standard InChI is InChI=1S/C23H24N2O4/c1-16-14-24(15-17-8-6-5-7-9-17)21(22(26)29-23(2,3)4)20(16)18-10-12-19(13-11-18)25(27)28/h5-14H,15H2,1-4H3. The van der Waals surface area contributed by atoms with Gasteiger partial charge in [0.1, 0.15) is 11.3 Å². The highest BCUT2D eigenvalue weighted by Gasteiger charge is 2.26. The molecule has 1 aromatic heterocycles. The van der Waals surface area contributed by atoms with Crippen LogP contribution in [0.25, 0.3) is 11.1 Å². The number of carbonyl (C=O) groups excluding carboxylic acids is 1. The van der Waals surface area contributed by atoms with E-state index >= 15 is 0 Å². The number of benzene rings is 2. The fraction of sp³-hybridized carbons (Fsp3) is 0.261. The lowest BCUT2D eigenvalue weighted by atomic mass is 10.0. The molecule has 6 heteroatoms. The minimum Gasteiger partial charge on any atom is -0.455 e. The molecule has 0 unspecified atom stereocenters. The number of aromatic nitrogens is 1. The van der Waals surface area contributed by atoms with Gasteiger partial charge in [0, 0.05) is 30.4 Å². The van der Waals surface area contributed by atoms with Gasteiger partial charge in [0.05, 0.1) is 4.92 Å². The van der Waals surface area contributed by atoms with Gasteiger partial charge in [-0.3, -0.25) is 10.1 Å². The van der Waals surface area contributed by atoms with Crippen molar-refractivity contribution in [3.63, 3.8) is 0 Å². The van der Waals surface area contributed by atoms with Gasteiger partial charge in [0.15, 0.2) is 0 Å². The van der Waals surface area contributed by atoms with E-state index in [1.165, 1.54) is 12.1 Å². The highest BCUT2D eigenvalue weighted by molar-refractivity contribution is 5.97. The third-order valence-corrected chi connectivity index (χ3v) is 4.42. The summed E-state index contributed by atoms with van der Waals surface area (Å²) < 4.78 is 7.56. The van der Waals surface area contributed by atoms with Crippen molar-refractivity contribution in [3.05, 3.63) is 87.7 Å². The predicted octanol–water partition coefficient (Wildman–Crippen LogP) is 5.38. The van der Waals surface area contributed by atoms with E-state index in [2.05, 4.69) is 0 Å². The topological polar surface area (TPSA) is 74.4 Å². The third-order valence-electron chi connectivity index (χ3n) is 4.42. The third kappa shape index (κ3) is 4.71. The molecule has 3 rings (SSSR count). The van der Waals surface area contributed by atoms with Gasteiger partial charge in [0.2, 0.25) is 0 Å². The van der Waals surface area contributed by atoms with E-state index in [0.29, 0.717) is 12.2 Å². The summed E-state index contributed by atoms with van der Waals surface area (Å²) in [6, 6.07) is 16.1. The van der Waals surface area contributed by atoms with Crippen molar-refractivity contribution in [1.82, 2.24) is 4.57 Å². The van der Waals surface area contributed by atoms with Crippen LogP contribution in [0.4, 0.5) is 5.69 Å². The number of nitrogens with zero attached hydrogens (tertiary/aromatic N) is 2. The van der Waals surface area contributed by atoms with Crippen LogP contribution in [0, 0.1) is 17.0 Å². The number of nitro benzene ring substituents is 1. The van der Waals surface area contributed by atoms with Crippen LogP contribution in [0.1, 0.15) is 42.4 Å². The number of nitro groups is 1. The molecule has 0 saturated heterocycles. The first-order chi connectivity index (χ1) is 13.7. The van der Waals surface area contributed by atoms with E-state index in [4.69, 9.17) is 4.74 Å². The van der Waals surface area contributed by atoms with Crippen molar-refractivity contribution in [2.45, 2.75) is 39.8 Å². The molecular weight excluding hydrogens is 368 g/mol. The molecule has 2 aromatic carbocycles. The van der Waals surface area contributed by atoms with Crippen LogP contribution >= 0.6 is 0 Å². The van der Waals surface area contributed by atoms with Crippen molar-refractivity contribution in [1.29, 1.82) is 0 Å². The van der Waals surface area contributed by atoms with Crippen LogP contribution in [0.3, 0.4) is 0 Å². The normalized spacial score (nSPS) is 11.3. The zero-order chi connectivity index (χ0) is 21.2. The largest absolute Gasteiger partial charge is 0.455 e. The minimum atomic E-state index is -0.639. The highest BCUT2D eigenvalue weighted by Crippen LogP contribution is 2.32. The second-order valence-electron chi connectivity index (χ2n) is 7.96. The predicted molar refractivity (Wildman–Crippen MR) is 112 cm³/mol. The maximum absolute atomic E-state index is 13.1. The van der Waals surface area contributed by atoms with E-state index in [1.807, 2.05) is 68.8 Å². The Kier molecular flexibility index (Phi) is 5.55. The maximum Gasteiger partial charge on any atom is 0.356 e. The van der Waals surface area contributed by atoms with Crippen molar-refractivity contribution in [3.8, 4) is 11.1 Å². The summed E-state index contributed by atoms with van der Waals surface area (Å²) in [5.41, 5.74) is 3.23. The molecule has 0 aliphatic carbocycles. The Hall–Kier alpha value is -3.41. The molecular formula is C23H24N2O4. The minimum absolute atomic E-state index is 0.00828. The van der Waals surface area contributed by atoms with E-state index < -0.39 is 16.5 Å². The van der Waals surface area contributed by atoms with E-state index in [1.54, 1.807) is 12.1 Å². The van der Waals surface area contributed by atoms with Gasteiger partial charge in [-0.1, -0.05) is 30.3 Å². The summed E-state index contributed by atoms with van der Waals surface area (Å²) in [4.78, 5) is 23.6. The van der Waals surface area contributed by atoms with Crippen LogP contribution < -0.4 is 0 Å². The summed E-state index contributed by atoms with van der Waals surface area (Å²) in [5.74, 6) is -0.421. The average molecular weight is 392 g/mol. The first-order valence-corrected chi connectivity index (χ1v) is 9.37. The molecule has 0 aliphatic heterocycles. The molecule has 0 saturated carbocycles. The Bertz CT molecular complexity index is 1030. The summed E-state index contributed by atoms with van der Waals surface area (Å²) >= 11 is 0. The van der Waals surface area contributed by atoms with Crippen molar-refractivity contribution in [2.75, 3.05) is 0 Å². The molecule has 0 amide bonds. The van der Waals surface area contributed by atoms with Gasteiger partial charge >= 0.3 is 5.97 Å². The Morgan fingerprint density at radius 3 is 2.24 bits per heavy atom. The lowest BCUT2D eigenvalue weighted by molar-refractivity contribution is -0.384. The quantitative estimate of drug-likeness (QED) is 0.332. The maximum atomic E-state index is 13.1. The SMILES string of the molecule is Cc1cn(Cc2ccccc2)c(C(=O)OC(C)(C)C)c1-c1ccc([N+](=O)[O-])cc1. The van der Waals surface area contributed by atoms with E-state index in [-0.39, 0.29) is 5.69 Å². The van der Waals surface area contributed by atoms with Crippen LogP contribution in [0.5, 0.6) is 0 Å². The molecule has 150 valence electrons. The number of ether oxygens (including phenoxy) is 1. The zero-order valence-corrected chi connectivity index (χ0v) is 17.0.